The fraction of sp³-hybridized carbons (Fsp3) is 0.286. The molecule has 0 spiro atoms. The first-order valence-corrected chi connectivity index (χ1v) is 3.30. The second-order valence-electron chi connectivity index (χ2n) is 2.37. The second kappa shape index (κ2) is 2.77. The number of amides is 2. The van der Waals surface area contributed by atoms with E-state index < -0.39 is 23.8 Å². The highest BCUT2D eigenvalue weighted by atomic mass is 16.4. The van der Waals surface area contributed by atoms with Gasteiger partial charge in [0.15, 0.2) is 0 Å². The number of rotatable bonds is 2. The minimum atomic E-state index is -1.44. The molecule has 1 heterocycles. The average molecular weight is 168 g/mol. The maximum absolute atomic E-state index is 10.9. The van der Waals surface area contributed by atoms with Crippen molar-refractivity contribution in [2.75, 3.05) is 0 Å². The Morgan fingerprint density at radius 1 is 1.42 bits per heavy atom. The van der Waals surface area contributed by atoms with Gasteiger partial charge in [0.25, 0.3) is 11.8 Å². The zero-order valence-corrected chi connectivity index (χ0v) is 6.31. The van der Waals surface area contributed by atoms with Crippen molar-refractivity contribution in [2.45, 2.75) is 13.0 Å². The van der Waals surface area contributed by atoms with Crippen LogP contribution in [-0.4, -0.2) is 28.7 Å². The monoisotopic (exact) mass is 168 g/mol. The van der Waals surface area contributed by atoms with E-state index >= 15 is 0 Å². The number of hydrogen-bond donors (Lipinski definition) is 0. The van der Waals surface area contributed by atoms with Gasteiger partial charge >= 0.3 is 0 Å². The fourth-order valence-electron chi connectivity index (χ4n) is 0.899. The Bertz CT molecular complexity index is 263. The topological polar surface area (TPSA) is 77.5 Å². The molecule has 0 aromatic carbocycles. The lowest BCUT2D eigenvalue weighted by molar-refractivity contribution is -0.310. The lowest BCUT2D eigenvalue weighted by atomic mass is 10.3. The Balaban J connectivity index is 2.83. The van der Waals surface area contributed by atoms with Gasteiger partial charge in [0.1, 0.15) is 0 Å². The first kappa shape index (κ1) is 8.45. The highest BCUT2D eigenvalue weighted by Crippen LogP contribution is 2.07. The Hall–Kier alpha value is -1.65. The van der Waals surface area contributed by atoms with E-state index in [-0.39, 0.29) is 0 Å². The van der Waals surface area contributed by atoms with Crippen molar-refractivity contribution in [3.05, 3.63) is 12.2 Å². The molecule has 1 rings (SSSR count). The standard InChI is InChI=1S/C7H7NO4/c1-4(7(11)12)8-5(9)2-3-6(8)10/h2-4H,1H3,(H,11,12)/p-1. The Morgan fingerprint density at radius 3 is 2.17 bits per heavy atom. The van der Waals surface area contributed by atoms with Crippen molar-refractivity contribution < 1.29 is 19.5 Å². The molecule has 1 unspecified atom stereocenters. The van der Waals surface area contributed by atoms with Crippen LogP contribution in [0.25, 0.3) is 0 Å². The summed E-state index contributed by atoms with van der Waals surface area (Å²) in [7, 11) is 0. The zero-order valence-electron chi connectivity index (χ0n) is 6.31. The average Bonchev–Trinajstić information content (AvgIpc) is 2.30. The summed E-state index contributed by atoms with van der Waals surface area (Å²) in [6.07, 6.45) is 2.06. The minimum absolute atomic E-state index is 0.614. The predicted octanol–water partition coefficient (Wildman–Crippen LogP) is -1.95. The third-order valence-electron chi connectivity index (χ3n) is 1.57. The third kappa shape index (κ3) is 1.20. The molecule has 64 valence electrons. The molecule has 0 fully saturated rings. The zero-order chi connectivity index (χ0) is 9.30. The van der Waals surface area contributed by atoms with Gasteiger partial charge in [0.05, 0.1) is 12.0 Å². The van der Waals surface area contributed by atoms with Gasteiger partial charge in [-0.1, -0.05) is 0 Å². The molecule has 0 saturated heterocycles. The molecule has 12 heavy (non-hydrogen) atoms. The first-order valence-electron chi connectivity index (χ1n) is 3.30. The fourth-order valence-corrected chi connectivity index (χ4v) is 0.899. The van der Waals surface area contributed by atoms with E-state index in [1.807, 2.05) is 0 Å². The third-order valence-corrected chi connectivity index (χ3v) is 1.57. The lowest BCUT2D eigenvalue weighted by Crippen LogP contribution is -2.48. The summed E-state index contributed by atoms with van der Waals surface area (Å²) in [5, 5.41) is 10.3. The van der Waals surface area contributed by atoms with Crippen molar-refractivity contribution in [2.24, 2.45) is 0 Å². The molecule has 0 N–H and O–H groups in total. The van der Waals surface area contributed by atoms with Gasteiger partial charge in [-0.25, -0.2) is 0 Å². The molecule has 0 aliphatic carbocycles. The van der Waals surface area contributed by atoms with Gasteiger partial charge < -0.3 is 9.90 Å². The van der Waals surface area contributed by atoms with Gasteiger partial charge in [-0.05, 0) is 6.92 Å². The van der Waals surface area contributed by atoms with Crippen LogP contribution in [0.5, 0.6) is 0 Å². The number of carbonyl (C=O) groups excluding carboxylic acids is 3. The molecular weight excluding hydrogens is 162 g/mol. The van der Waals surface area contributed by atoms with Gasteiger partial charge in [0, 0.05) is 12.2 Å². The molecule has 1 atom stereocenters. The number of carbonyl (C=O) groups is 3. The van der Waals surface area contributed by atoms with Crippen molar-refractivity contribution in [3.63, 3.8) is 0 Å². The van der Waals surface area contributed by atoms with Crippen molar-refractivity contribution >= 4 is 17.8 Å². The van der Waals surface area contributed by atoms with Crippen molar-refractivity contribution in [3.8, 4) is 0 Å². The van der Waals surface area contributed by atoms with Crippen LogP contribution in [0.1, 0.15) is 6.92 Å². The van der Waals surface area contributed by atoms with Crippen molar-refractivity contribution in [1.82, 2.24) is 4.90 Å². The molecule has 0 radical (unpaired) electrons. The summed E-state index contributed by atoms with van der Waals surface area (Å²) in [6, 6.07) is -1.21. The number of aliphatic carboxylic acids is 1. The summed E-state index contributed by atoms with van der Waals surface area (Å²) >= 11 is 0. The maximum Gasteiger partial charge on any atom is 0.254 e. The van der Waals surface area contributed by atoms with Crippen LogP contribution in [0.2, 0.25) is 0 Å². The molecule has 5 heteroatoms. The van der Waals surface area contributed by atoms with Crippen LogP contribution < -0.4 is 5.11 Å². The Morgan fingerprint density at radius 2 is 1.83 bits per heavy atom. The van der Waals surface area contributed by atoms with Crippen molar-refractivity contribution in [1.29, 1.82) is 0 Å². The molecular formula is C7H6NO4-. The summed E-state index contributed by atoms with van der Waals surface area (Å²) in [4.78, 5) is 32.6. The predicted molar refractivity (Wildman–Crippen MR) is 35.5 cm³/mol. The summed E-state index contributed by atoms with van der Waals surface area (Å²) in [5.41, 5.74) is 0. The summed E-state index contributed by atoms with van der Waals surface area (Å²) < 4.78 is 0. The van der Waals surface area contributed by atoms with Crippen LogP contribution >= 0.6 is 0 Å². The van der Waals surface area contributed by atoms with E-state index in [0.717, 1.165) is 12.2 Å². The van der Waals surface area contributed by atoms with Crippen LogP contribution in [0, 0.1) is 0 Å². The SMILES string of the molecule is CC(C(=O)[O-])N1C(=O)C=CC1=O. The molecule has 0 saturated carbocycles. The highest BCUT2D eigenvalue weighted by molar-refractivity contribution is 6.14. The van der Waals surface area contributed by atoms with E-state index in [9.17, 15) is 19.5 Å². The molecule has 1 aliphatic rings. The van der Waals surface area contributed by atoms with Gasteiger partial charge in [-0.3, -0.25) is 14.5 Å². The molecule has 0 bridgehead atoms. The summed E-state index contributed by atoms with van der Waals surface area (Å²) in [5.74, 6) is -2.67. The smallest absolute Gasteiger partial charge is 0.254 e. The number of carboxylic acid groups (broad SMARTS) is 1. The van der Waals surface area contributed by atoms with Crippen LogP contribution in [0.15, 0.2) is 12.2 Å². The number of carboxylic acids is 1. The molecule has 5 nitrogen and oxygen atoms in total. The van der Waals surface area contributed by atoms with Crippen LogP contribution in [0.4, 0.5) is 0 Å². The minimum Gasteiger partial charge on any atom is -0.548 e. The second-order valence-corrected chi connectivity index (χ2v) is 2.37. The van der Waals surface area contributed by atoms with Crippen LogP contribution in [-0.2, 0) is 14.4 Å². The van der Waals surface area contributed by atoms with E-state index in [2.05, 4.69) is 0 Å². The van der Waals surface area contributed by atoms with E-state index in [1.165, 1.54) is 6.92 Å². The quantitative estimate of drug-likeness (QED) is 0.449. The normalized spacial score (nSPS) is 18.6. The molecule has 2 amide bonds. The Kier molecular flexibility index (Phi) is 1.95. The lowest BCUT2D eigenvalue weighted by Gasteiger charge is -2.22. The van der Waals surface area contributed by atoms with Gasteiger partial charge in [-0.15, -0.1) is 0 Å². The molecule has 0 aromatic heterocycles. The molecule has 0 aromatic rings. The largest absolute Gasteiger partial charge is 0.548 e. The number of imide groups is 1. The van der Waals surface area contributed by atoms with E-state index in [0.29, 0.717) is 4.90 Å². The summed E-state index contributed by atoms with van der Waals surface area (Å²) in [6.45, 7) is 1.22. The van der Waals surface area contributed by atoms with Crippen LogP contribution in [0.3, 0.4) is 0 Å². The first-order chi connectivity index (χ1) is 5.54. The van der Waals surface area contributed by atoms with E-state index in [4.69, 9.17) is 0 Å². The maximum atomic E-state index is 10.9. The molecule has 1 aliphatic heterocycles. The Labute approximate surface area is 68.3 Å². The number of nitrogens with zero attached hydrogens (tertiary/aromatic N) is 1. The van der Waals surface area contributed by atoms with E-state index in [1.54, 1.807) is 0 Å². The highest BCUT2D eigenvalue weighted by Gasteiger charge is 2.28. The van der Waals surface area contributed by atoms with Gasteiger partial charge in [0.2, 0.25) is 0 Å². The van der Waals surface area contributed by atoms with Gasteiger partial charge in [-0.2, -0.15) is 0 Å². The number of hydrogen-bond acceptors (Lipinski definition) is 4.